The van der Waals surface area contributed by atoms with Gasteiger partial charge in [-0.3, -0.25) is 0 Å². The predicted molar refractivity (Wildman–Crippen MR) is 84.8 cm³/mol. The summed E-state index contributed by atoms with van der Waals surface area (Å²) in [5.74, 6) is 0. The highest BCUT2D eigenvalue weighted by Crippen LogP contribution is 2.40. The van der Waals surface area contributed by atoms with Crippen LogP contribution < -0.4 is 10.0 Å². The molecule has 0 atom stereocenters. The standard InChI is InChI=1S/C15H25N3O2S/c1-3-15(9-5-6-10-15)12-18-21(19,20)14-13(16-4-2)8-7-11-17-14/h7-8,11,16,18H,3-6,9-10,12H2,1-2H3. The number of anilines is 1. The first-order valence-electron chi connectivity index (χ1n) is 7.71. The zero-order valence-electron chi connectivity index (χ0n) is 12.9. The van der Waals surface area contributed by atoms with Gasteiger partial charge >= 0.3 is 0 Å². The van der Waals surface area contributed by atoms with Crippen molar-refractivity contribution in [2.75, 3.05) is 18.4 Å². The van der Waals surface area contributed by atoms with Crippen LogP contribution in [0.2, 0.25) is 0 Å². The summed E-state index contributed by atoms with van der Waals surface area (Å²) in [4.78, 5) is 4.05. The van der Waals surface area contributed by atoms with E-state index in [1.807, 2.05) is 6.92 Å². The largest absolute Gasteiger partial charge is 0.383 e. The molecule has 0 unspecified atom stereocenters. The van der Waals surface area contributed by atoms with E-state index in [-0.39, 0.29) is 10.4 Å². The molecule has 2 rings (SSSR count). The van der Waals surface area contributed by atoms with E-state index < -0.39 is 10.0 Å². The summed E-state index contributed by atoms with van der Waals surface area (Å²) >= 11 is 0. The van der Waals surface area contributed by atoms with Gasteiger partial charge in [0, 0.05) is 19.3 Å². The van der Waals surface area contributed by atoms with Crippen LogP contribution >= 0.6 is 0 Å². The summed E-state index contributed by atoms with van der Waals surface area (Å²) in [6, 6.07) is 3.48. The van der Waals surface area contributed by atoms with Gasteiger partial charge in [0.15, 0.2) is 5.03 Å². The van der Waals surface area contributed by atoms with Gasteiger partial charge in [0.25, 0.3) is 10.0 Å². The lowest BCUT2D eigenvalue weighted by Gasteiger charge is -2.27. The highest BCUT2D eigenvalue weighted by molar-refractivity contribution is 7.89. The van der Waals surface area contributed by atoms with Crippen molar-refractivity contribution in [1.29, 1.82) is 0 Å². The molecule has 1 fully saturated rings. The second-order valence-corrected chi connectivity index (χ2v) is 7.45. The monoisotopic (exact) mass is 311 g/mol. The zero-order chi connectivity index (χ0) is 15.3. The smallest absolute Gasteiger partial charge is 0.260 e. The number of hydrogen-bond donors (Lipinski definition) is 2. The van der Waals surface area contributed by atoms with E-state index in [0.717, 1.165) is 19.3 Å². The Morgan fingerprint density at radius 2 is 2.00 bits per heavy atom. The predicted octanol–water partition coefficient (Wildman–Crippen LogP) is 2.76. The number of aromatic nitrogens is 1. The maximum absolute atomic E-state index is 12.5. The van der Waals surface area contributed by atoms with E-state index in [4.69, 9.17) is 0 Å². The number of nitrogens with one attached hydrogen (secondary N) is 2. The Hall–Kier alpha value is -1.14. The van der Waals surface area contributed by atoms with Gasteiger partial charge in [-0.05, 0) is 43.7 Å². The first kappa shape index (κ1) is 16.2. The van der Waals surface area contributed by atoms with Gasteiger partial charge in [-0.25, -0.2) is 18.1 Å². The van der Waals surface area contributed by atoms with Crippen molar-refractivity contribution in [3.05, 3.63) is 18.3 Å². The molecule has 1 aliphatic rings. The molecular weight excluding hydrogens is 286 g/mol. The van der Waals surface area contributed by atoms with E-state index in [1.165, 1.54) is 19.0 Å². The Bertz CT molecular complexity index is 566. The highest BCUT2D eigenvalue weighted by atomic mass is 32.2. The van der Waals surface area contributed by atoms with Crippen LogP contribution in [0.4, 0.5) is 5.69 Å². The van der Waals surface area contributed by atoms with Crippen LogP contribution in [0.1, 0.15) is 46.0 Å². The fraction of sp³-hybridized carbons (Fsp3) is 0.667. The fourth-order valence-corrected chi connectivity index (χ4v) is 4.29. The summed E-state index contributed by atoms with van der Waals surface area (Å²) < 4.78 is 27.8. The van der Waals surface area contributed by atoms with Gasteiger partial charge in [-0.2, -0.15) is 0 Å². The molecule has 118 valence electrons. The summed E-state index contributed by atoms with van der Waals surface area (Å²) in [5.41, 5.74) is 0.685. The Morgan fingerprint density at radius 3 is 2.62 bits per heavy atom. The summed E-state index contributed by atoms with van der Waals surface area (Å²) in [6.45, 7) is 5.24. The molecule has 0 radical (unpaired) electrons. The van der Waals surface area contributed by atoms with Crippen molar-refractivity contribution in [3.63, 3.8) is 0 Å². The minimum atomic E-state index is -3.57. The lowest BCUT2D eigenvalue weighted by atomic mass is 9.84. The molecular formula is C15H25N3O2S. The quantitative estimate of drug-likeness (QED) is 0.812. The third-order valence-corrected chi connectivity index (χ3v) is 5.80. The van der Waals surface area contributed by atoms with Crippen LogP contribution in [-0.2, 0) is 10.0 Å². The number of pyridine rings is 1. The van der Waals surface area contributed by atoms with Gasteiger partial charge in [0.05, 0.1) is 5.69 Å². The first-order chi connectivity index (χ1) is 10.0. The minimum absolute atomic E-state index is 0.0936. The Kier molecular flexibility index (Phi) is 5.22. The third-order valence-electron chi connectivity index (χ3n) is 4.44. The number of sulfonamides is 1. The molecule has 1 aliphatic carbocycles. The Labute approximate surface area is 127 Å². The second kappa shape index (κ2) is 6.75. The van der Waals surface area contributed by atoms with E-state index in [9.17, 15) is 8.42 Å². The molecule has 1 heterocycles. The molecule has 0 saturated heterocycles. The van der Waals surface area contributed by atoms with Crippen molar-refractivity contribution < 1.29 is 8.42 Å². The molecule has 21 heavy (non-hydrogen) atoms. The molecule has 5 nitrogen and oxygen atoms in total. The van der Waals surface area contributed by atoms with Crippen molar-refractivity contribution in [3.8, 4) is 0 Å². The van der Waals surface area contributed by atoms with Crippen LogP contribution in [-0.4, -0.2) is 26.5 Å². The normalized spacial score (nSPS) is 17.8. The zero-order valence-corrected chi connectivity index (χ0v) is 13.7. The van der Waals surface area contributed by atoms with Crippen molar-refractivity contribution in [2.24, 2.45) is 5.41 Å². The maximum Gasteiger partial charge on any atom is 0.260 e. The lowest BCUT2D eigenvalue weighted by Crippen LogP contribution is -2.36. The average molecular weight is 311 g/mol. The van der Waals surface area contributed by atoms with Crippen molar-refractivity contribution in [2.45, 2.75) is 51.0 Å². The fourth-order valence-electron chi connectivity index (χ4n) is 3.03. The van der Waals surface area contributed by atoms with Gasteiger partial charge in [-0.1, -0.05) is 19.8 Å². The maximum atomic E-state index is 12.5. The molecule has 1 aromatic rings. The van der Waals surface area contributed by atoms with E-state index in [1.54, 1.807) is 12.1 Å². The molecule has 2 N–H and O–H groups in total. The highest BCUT2D eigenvalue weighted by Gasteiger charge is 2.33. The van der Waals surface area contributed by atoms with Crippen LogP contribution in [0.5, 0.6) is 0 Å². The molecule has 0 amide bonds. The lowest BCUT2D eigenvalue weighted by molar-refractivity contribution is 0.285. The Morgan fingerprint density at radius 1 is 1.29 bits per heavy atom. The molecule has 6 heteroatoms. The van der Waals surface area contributed by atoms with E-state index in [0.29, 0.717) is 18.8 Å². The van der Waals surface area contributed by atoms with Gasteiger partial charge < -0.3 is 5.32 Å². The van der Waals surface area contributed by atoms with E-state index in [2.05, 4.69) is 21.9 Å². The van der Waals surface area contributed by atoms with Gasteiger partial charge in [-0.15, -0.1) is 0 Å². The number of nitrogens with zero attached hydrogens (tertiary/aromatic N) is 1. The topological polar surface area (TPSA) is 71.1 Å². The molecule has 0 aromatic carbocycles. The van der Waals surface area contributed by atoms with Crippen LogP contribution in [0.15, 0.2) is 23.4 Å². The SMILES string of the molecule is CCNc1cccnc1S(=O)(=O)NCC1(CC)CCCC1. The van der Waals surface area contributed by atoms with Crippen LogP contribution in [0.3, 0.4) is 0 Å². The molecule has 0 spiro atoms. The molecule has 1 saturated carbocycles. The van der Waals surface area contributed by atoms with Gasteiger partial charge in [0.2, 0.25) is 0 Å². The third kappa shape index (κ3) is 3.74. The molecule has 0 bridgehead atoms. The van der Waals surface area contributed by atoms with Crippen LogP contribution in [0, 0.1) is 5.41 Å². The molecule has 1 aromatic heterocycles. The van der Waals surface area contributed by atoms with Crippen molar-refractivity contribution in [1.82, 2.24) is 9.71 Å². The van der Waals surface area contributed by atoms with Gasteiger partial charge in [0.1, 0.15) is 0 Å². The van der Waals surface area contributed by atoms with Crippen LogP contribution in [0.25, 0.3) is 0 Å². The first-order valence-corrected chi connectivity index (χ1v) is 9.20. The summed E-state index contributed by atoms with van der Waals surface area (Å²) in [7, 11) is -3.57. The number of hydrogen-bond acceptors (Lipinski definition) is 4. The minimum Gasteiger partial charge on any atom is -0.383 e. The van der Waals surface area contributed by atoms with E-state index >= 15 is 0 Å². The summed E-state index contributed by atoms with van der Waals surface area (Å²) in [5, 5.41) is 3.15. The summed E-state index contributed by atoms with van der Waals surface area (Å²) in [6.07, 6.45) is 7.13. The Balaban J connectivity index is 2.15. The number of rotatable bonds is 7. The van der Waals surface area contributed by atoms with Crippen molar-refractivity contribution >= 4 is 15.7 Å². The molecule has 0 aliphatic heterocycles. The average Bonchev–Trinajstić information content (AvgIpc) is 2.96. The second-order valence-electron chi connectivity index (χ2n) is 5.77.